The molecule has 1 aromatic carbocycles. The van der Waals surface area contributed by atoms with E-state index in [0.29, 0.717) is 12.1 Å². The van der Waals surface area contributed by atoms with Crippen LogP contribution in [-0.2, 0) is 10.3 Å². The van der Waals surface area contributed by atoms with E-state index in [1.807, 2.05) is 6.07 Å². The summed E-state index contributed by atoms with van der Waals surface area (Å²) in [5.41, 5.74) is 1.65. The van der Waals surface area contributed by atoms with Crippen molar-refractivity contribution in [3.05, 3.63) is 29.6 Å². The number of carbonyl (C=O) groups is 1. The van der Waals surface area contributed by atoms with E-state index in [-0.39, 0.29) is 17.0 Å². The summed E-state index contributed by atoms with van der Waals surface area (Å²) in [6, 6.07) is 5.08. The van der Waals surface area contributed by atoms with E-state index >= 15 is 0 Å². The van der Waals surface area contributed by atoms with Gasteiger partial charge >= 0.3 is 5.97 Å². The Morgan fingerprint density at radius 1 is 1.43 bits per heavy atom. The maximum absolute atomic E-state index is 11.1. The summed E-state index contributed by atoms with van der Waals surface area (Å²) in [7, 11) is 1.68. The fourth-order valence-electron chi connectivity index (χ4n) is 2.67. The van der Waals surface area contributed by atoms with E-state index < -0.39 is 5.97 Å². The van der Waals surface area contributed by atoms with Crippen molar-refractivity contribution in [1.29, 1.82) is 0 Å². The Morgan fingerprint density at radius 2 is 2.10 bits per heavy atom. The van der Waals surface area contributed by atoms with Crippen molar-refractivity contribution in [3.63, 3.8) is 0 Å². The standard InChI is InChI=1S/C16H22N2O3/c1-10(2)14-17-12-8-11(15(19)20)6-7-13(12)18(14)16(3,4)9-21-5/h6-8,10H,9H2,1-5H3,(H,19,20). The number of nitrogens with zero attached hydrogens (tertiary/aromatic N) is 2. The number of hydrogen-bond acceptors (Lipinski definition) is 3. The molecule has 0 aliphatic rings. The highest BCUT2D eigenvalue weighted by Crippen LogP contribution is 2.30. The molecule has 0 bridgehead atoms. The van der Waals surface area contributed by atoms with Crippen molar-refractivity contribution < 1.29 is 14.6 Å². The van der Waals surface area contributed by atoms with Gasteiger partial charge in [-0.15, -0.1) is 0 Å². The molecular weight excluding hydrogens is 268 g/mol. The predicted molar refractivity (Wildman–Crippen MR) is 82.0 cm³/mol. The minimum atomic E-state index is -0.936. The SMILES string of the molecule is COCC(C)(C)n1c(C(C)C)nc2cc(C(=O)O)ccc21. The average molecular weight is 290 g/mol. The molecule has 2 aromatic rings. The molecule has 1 aromatic heterocycles. The van der Waals surface area contributed by atoms with Gasteiger partial charge in [0.2, 0.25) is 0 Å². The van der Waals surface area contributed by atoms with Gasteiger partial charge in [0, 0.05) is 13.0 Å². The molecule has 0 unspecified atom stereocenters. The summed E-state index contributed by atoms with van der Waals surface area (Å²) in [4.78, 5) is 15.8. The zero-order chi connectivity index (χ0) is 15.8. The van der Waals surface area contributed by atoms with Crippen molar-refractivity contribution in [2.75, 3.05) is 13.7 Å². The fraction of sp³-hybridized carbons (Fsp3) is 0.500. The second-order valence-corrected chi connectivity index (χ2v) is 6.21. The zero-order valence-electron chi connectivity index (χ0n) is 13.2. The van der Waals surface area contributed by atoms with Crippen LogP contribution in [-0.4, -0.2) is 34.3 Å². The Labute approximate surface area is 124 Å². The van der Waals surface area contributed by atoms with Gasteiger partial charge in [-0.3, -0.25) is 0 Å². The molecule has 21 heavy (non-hydrogen) atoms. The number of methoxy groups -OCH3 is 1. The van der Waals surface area contributed by atoms with E-state index in [4.69, 9.17) is 9.84 Å². The number of ether oxygens (including phenoxy) is 1. The number of aromatic nitrogens is 2. The van der Waals surface area contributed by atoms with E-state index in [2.05, 4.69) is 37.2 Å². The van der Waals surface area contributed by atoms with Crippen molar-refractivity contribution in [2.45, 2.75) is 39.2 Å². The summed E-state index contributed by atoms with van der Waals surface area (Å²) in [5.74, 6) is 0.241. The van der Waals surface area contributed by atoms with Crippen LogP contribution in [0, 0.1) is 0 Å². The van der Waals surface area contributed by atoms with Crippen LogP contribution in [0.3, 0.4) is 0 Å². The molecule has 0 fully saturated rings. The highest BCUT2D eigenvalue weighted by Gasteiger charge is 2.27. The molecule has 0 saturated heterocycles. The third-order valence-electron chi connectivity index (χ3n) is 3.55. The number of rotatable bonds is 5. The molecular formula is C16H22N2O3. The van der Waals surface area contributed by atoms with Gasteiger partial charge in [-0.25, -0.2) is 9.78 Å². The van der Waals surface area contributed by atoms with Gasteiger partial charge in [0.05, 0.1) is 28.7 Å². The van der Waals surface area contributed by atoms with Crippen LogP contribution in [0.5, 0.6) is 0 Å². The molecule has 0 saturated carbocycles. The molecule has 0 spiro atoms. The van der Waals surface area contributed by atoms with Crippen LogP contribution in [0.4, 0.5) is 0 Å². The van der Waals surface area contributed by atoms with Crippen molar-refractivity contribution in [2.24, 2.45) is 0 Å². The van der Waals surface area contributed by atoms with Crippen LogP contribution in [0.2, 0.25) is 0 Å². The summed E-state index contributed by atoms with van der Waals surface area (Å²) in [6.45, 7) is 8.90. The first-order chi connectivity index (χ1) is 9.77. The molecule has 0 radical (unpaired) electrons. The maximum atomic E-state index is 11.1. The van der Waals surface area contributed by atoms with E-state index in [0.717, 1.165) is 11.3 Å². The fourth-order valence-corrected chi connectivity index (χ4v) is 2.67. The third kappa shape index (κ3) is 2.78. The van der Waals surface area contributed by atoms with E-state index in [9.17, 15) is 4.79 Å². The van der Waals surface area contributed by atoms with Crippen LogP contribution in [0.1, 0.15) is 49.8 Å². The molecule has 1 heterocycles. The Bertz CT molecular complexity index is 671. The number of carboxylic acid groups (broad SMARTS) is 1. The Kier molecular flexibility index (Phi) is 4.05. The molecule has 5 nitrogen and oxygen atoms in total. The van der Waals surface area contributed by atoms with Gasteiger partial charge in [-0.05, 0) is 32.0 Å². The molecule has 0 aliphatic carbocycles. The second kappa shape index (κ2) is 5.48. The summed E-state index contributed by atoms with van der Waals surface area (Å²) < 4.78 is 7.49. The van der Waals surface area contributed by atoms with Gasteiger partial charge in [-0.1, -0.05) is 13.8 Å². The molecule has 0 atom stereocenters. The number of imidazole rings is 1. The Morgan fingerprint density at radius 3 is 2.62 bits per heavy atom. The van der Waals surface area contributed by atoms with Crippen LogP contribution < -0.4 is 0 Å². The number of fused-ring (bicyclic) bond motifs is 1. The number of carboxylic acids is 1. The van der Waals surface area contributed by atoms with Crippen LogP contribution >= 0.6 is 0 Å². The van der Waals surface area contributed by atoms with Crippen molar-refractivity contribution in [3.8, 4) is 0 Å². The molecule has 1 N–H and O–H groups in total. The minimum Gasteiger partial charge on any atom is -0.478 e. The predicted octanol–water partition coefficient (Wildman–Crippen LogP) is 3.24. The van der Waals surface area contributed by atoms with Gasteiger partial charge in [-0.2, -0.15) is 0 Å². The zero-order valence-corrected chi connectivity index (χ0v) is 13.2. The summed E-state index contributed by atoms with van der Waals surface area (Å²) >= 11 is 0. The van der Waals surface area contributed by atoms with Crippen molar-refractivity contribution in [1.82, 2.24) is 9.55 Å². The van der Waals surface area contributed by atoms with E-state index in [1.165, 1.54) is 0 Å². The Hall–Kier alpha value is -1.88. The average Bonchev–Trinajstić information content (AvgIpc) is 2.77. The molecule has 0 aliphatic heterocycles. The monoisotopic (exact) mass is 290 g/mol. The molecule has 114 valence electrons. The summed E-state index contributed by atoms with van der Waals surface area (Å²) in [5, 5.41) is 9.12. The van der Waals surface area contributed by atoms with Gasteiger partial charge in [0.15, 0.2) is 0 Å². The van der Waals surface area contributed by atoms with Gasteiger partial charge in [0.1, 0.15) is 5.82 Å². The first kappa shape index (κ1) is 15.5. The van der Waals surface area contributed by atoms with Crippen molar-refractivity contribution >= 4 is 17.0 Å². The lowest BCUT2D eigenvalue weighted by Crippen LogP contribution is -2.33. The minimum absolute atomic E-state index is 0.238. The Balaban J connectivity index is 2.72. The second-order valence-electron chi connectivity index (χ2n) is 6.21. The lowest BCUT2D eigenvalue weighted by molar-refractivity contribution is 0.0697. The number of benzene rings is 1. The highest BCUT2D eigenvalue weighted by atomic mass is 16.5. The molecule has 5 heteroatoms. The van der Waals surface area contributed by atoms with Gasteiger partial charge in [0.25, 0.3) is 0 Å². The molecule has 2 rings (SSSR count). The number of aromatic carboxylic acids is 1. The normalized spacial score (nSPS) is 12.3. The lowest BCUT2D eigenvalue weighted by atomic mass is 10.0. The number of hydrogen-bond donors (Lipinski definition) is 1. The lowest BCUT2D eigenvalue weighted by Gasteiger charge is -2.29. The maximum Gasteiger partial charge on any atom is 0.335 e. The smallest absolute Gasteiger partial charge is 0.335 e. The topological polar surface area (TPSA) is 64.4 Å². The third-order valence-corrected chi connectivity index (χ3v) is 3.55. The quantitative estimate of drug-likeness (QED) is 0.918. The first-order valence-corrected chi connectivity index (χ1v) is 7.03. The largest absolute Gasteiger partial charge is 0.478 e. The highest BCUT2D eigenvalue weighted by molar-refractivity contribution is 5.92. The first-order valence-electron chi connectivity index (χ1n) is 7.03. The van der Waals surface area contributed by atoms with Crippen LogP contribution in [0.15, 0.2) is 18.2 Å². The van der Waals surface area contributed by atoms with Gasteiger partial charge < -0.3 is 14.4 Å². The summed E-state index contributed by atoms with van der Waals surface area (Å²) in [6.07, 6.45) is 0. The van der Waals surface area contributed by atoms with Crippen LogP contribution in [0.25, 0.3) is 11.0 Å². The van der Waals surface area contributed by atoms with E-state index in [1.54, 1.807) is 19.2 Å². The molecule has 0 amide bonds.